The highest BCUT2D eigenvalue weighted by Gasteiger charge is 2.35. The third-order valence-electron chi connectivity index (χ3n) is 4.14. The van der Waals surface area contributed by atoms with Gasteiger partial charge in [-0.1, -0.05) is 0 Å². The number of fused-ring (bicyclic) bond motifs is 1. The van der Waals surface area contributed by atoms with Crippen LogP contribution in [0.1, 0.15) is 19.4 Å². The summed E-state index contributed by atoms with van der Waals surface area (Å²) in [7, 11) is -3.18. The predicted octanol–water partition coefficient (Wildman–Crippen LogP) is 1.86. The summed E-state index contributed by atoms with van der Waals surface area (Å²) < 4.78 is 26.4. The minimum atomic E-state index is -3.18. The van der Waals surface area contributed by atoms with Gasteiger partial charge < -0.3 is 4.90 Å². The number of hydrogen-bond donors (Lipinski definition) is 0. The molecular weight excluding hydrogens is 320 g/mol. The zero-order chi connectivity index (χ0) is 16.1. The average molecular weight is 340 g/mol. The topological polar surface area (TPSA) is 66.4 Å². The van der Waals surface area contributed by atoms with Crippen molar-refractivity contribution in [3.63, 3.8) is 0 Å². The number of piperazine rings is 1. The lowest BCUT2D eigenvalue weighted by Crippen LogP contribution is -2.58. The van der Waals surface area contributed by atoms with E-state index in [4.69, 9.17) is 0 Å². The number of rotatable bonds is 2. The minimum absolute atomic E-state index is 0.0720. The van der Waals surface area contributed by atoms with Gasteiger partial charge in [0.2, 0.25) is 10.0 Å². The van der Waals surface area contributed by atoms with Gasteiger partial charge in [0.25, 0.3) is 0 Å². The lowest BCUT2D eigenvalue weighted by atomic mass is 10.1. The number of nitrogens with zero attached hydrogens (tertiary/aromatic N) is 4. The second-order valence-electron chi connectivity index (χ2n) is 5.98. The molecule has 0 radical (unpaired) electrons. The summed E-state index contributed by atoms with van der Waals surface area (Å²) in [5.41, 5.74) is 2.14. The number of sulfonamides is 1. The van der Waals surface area contributed by atoms with Crippen molar-refractivity contribution >= 4 is 37.4 Å². The molecule has 3 rings (SSSR count). The molecule has 2 aromatic heterocycles. The zero-order valence-electron chi connectivity index (χ0n) is 13.1. The summed E-state index contributed by atoms with van der Waals surface area (Å²) in [6.45, 7) is 7.15. The summed E-state index contributed by atoms with van der Waals surface area (Å²) >= 11 is 1.65. The van der Waals surface area contributed by atoms with E-state index in [2.05, 4.69) is 20.2 Å². The van der Waals surface area contributed by atoms with E-state index in [1.54, 1.807) is 22.0 Å². The van der Waals surface area contributed by atoms with Gasteiger partial charge in [0.15, 0.2) is 0 Å². The largest absolute Gasteiger partial charge is 0.350 e. The highest BCUT2D eigenvalue weighted by molar-refractivity contribution is 7.88. The van der Waals surface area contributed by atoms with Crippen molar-refractivity contribution < 1.29 is 8.42 Å². The van der Waals surface area contributed by atoms with Crippen LogP contribution in [-0.2, 0) is 10.0 Å². The minimum Gasteiger partial charge on any atom is -0.350 e. The van der Waals surface area contributed by atoms with Crippen LogP contribution >= 0.6 is 11.3 Å². The smallest absolute Gasteiger partial charge is 0.211 e. The van der Waals surface area contributed by atoms with E-state index in [1.807, 2.05) is 20.8 Å². The normalized spacial score (nSPS) is 24.1. The Morgan fingerprint density at radius 3 is 2.64 bits per heavy atom. The van der Waals surface area contributed by atoms with Crippen molar-refractivity contribution in [3.05, 3.63) is 17.3 Å². The fourth-order valence-corrected chi connectivity index (χ4v) is 5.23. The van der Waals surface area contributed by atoms with Crippen LogP contribution < -0.4 is 4.90 Å². The Morgan fingerprint density at radius 2 is 1.95 bits per heavy atom. The predicted molar refractivity (Wildman–Crippen MR) is 90.0 cm³/mol. The molecule has 6 nitrogen and oxygen atoms in total. The first kappa shape index (κ1) is 15.6. The molecule has 0 saturated carbocycles. The van der Waals surface area contributed by atoms with Crippen LogP contribution in [0.4, 0.5) is 5.82 Å². The van der Waals surface area contributed by atoms with Crippen LogP contribution in [0.2, 0.25) is 0 Å². The number of hydrogen-bond acceptors (Lipinski definition) is 6. The highest BCUT2D eigenvalue weighted by Crippen LogP contribution is 2.33. The van der Waals surface area contributed by atoms with Gasteiger partial charge in [-0.3, -0.25) is 0 Å². The summed E-state index contributed by atoms with van der Waals surface area (Å²) in [5.74, 6) is 0.913. The van der Waals surface area contributed by atoms with Gasteiger partial charge >= 0.3 is 0 Å². The van der Waals surface area contributed by atoms with Crippen molar-refractivity contribution in [2.24, 2.45) is 0 Å². The molecule has 1 aliphatic rings. The zero-order valence-corrected chi connectivity index (χ0v) is 14.8. The first-order chi connectivity index (χ1) is 10.3. The van der Waals surface area contributed by atoms with E-state index in [-0.39, 0.29) is 12.1 Å². The van der Waals surface area contributed by atoms with Gasteiger partial charge in [0.1, 0.15) is 12.1 Å². The maximum Gasteiger partial charge on any atom is 0.211 e. The van der Waals surface area contributed by atoms with Gasteiger partial charge in [-0.2, -0.15) is 4.31 Å². The maximum atomic E-state index is 11.9. The van der Waals surface area contributed by atoms with E-state index in [0.29, 0.717) is 13.1 Å². The number of thiophene rings is 1. The average Bonchev–Trinajstić information content (AvgIpc) is 2.82. The van der Waals surface area contributed by atoms with Crippen LogP contribution in [-0.4, -0.2) is 54.1 Å². The van der Waals surface area contributed by atoms with Crippen LogP contribution in [0.5, 0.6) is 0 Å². The molecule has 0 aliphatic carbocycles. The molecule has 0 amide bonds. The number of aromatic nitrogens is 2. The Balaban J connectivity index is 1.99. The van der Waals surface area contributed by atoms with E-state index in [0.717, 1.165) is 21.6 Å². The van der Waals surface area contributed by atoms with Crippen LogP contribution in [0, 0.1) is 6.92 Å². The standard InChI is InChI=1S/C14H20N4O2S2/c1-9-7-21-13-12(9)15-8-16-14(13)17-5-11(3)18(6-10(17)2)22(4,19)20/h7-8,10-11H,5-6H2,1-4H3/t10-,11+/m0/s1. The molecule has 0 spiro atoms. The fourth-order valence-electron chi connectivity index (χ4n) is 3.01. The van der Waals surface area contributed by atoms with Gasteiger partial charge in [0, 0.05) is 25.2 Å². The van der Waals surface area contributed by atoms with Gasteiger partial charge in [0.05, 0.1) is 16.5 Å². The quantitative estimate of drug-likeness (QED) is 0.835. The molecule has 1 aliphatic heterocycles. The third kappa shape index (κ3) is 2.59. The first-order valence-electron chi connectivity index (χ1n) is 7.21. The molecule has 1 fully saturated rings. The lowest BCUT2D eigenvalue weighted by molar-refractivity contribution is 0.274. The fraction of sp³-hybridized carbons (Fsp3) is 0.571. The number of aryl methyl sites for hydroxylation is 1. The molecule has 120 valence electrons. The second kappa shape index (κ2) is 5.43. The van der Waals surface area contributed by atoms with E-state index >= 15 is 0 Å². The molecule has 1 saturated heterocycles. The molecule has 0 aromatic carbocycles. The Morgan fingerprint density at radius 1 is 1.23 bits per heavy atom. The van der Waals surface area contributed by atoms with Crippen LogP contribution in [0.25, 0.3) is 10.2 Å². The highest BCUT2D eigenvalue weighted by atomic mass is 32.2. The molecule has 0 unspecified atom stereocenters. The Hall–Kier alpha value is -1.25. The first-order valence-corrected chi connectivity index (χ1v) is 9.94. The maximum absolute atomic E-state index is 11.9. The van der Waals surface area contributed by atoms with Crippen molar-refractivity contribution in [3.8, 4) is 0 Å². The summed E-state index contributed by atoms with van der Waals surface area (Å²) in [6, 6.07) is 0.00343. The van der Waals surface area contributed by atoms with Gasteiger partial charge in [-0.25, -0.2) is 18.4 Å². The lowest BCUT2D eigenvalue weighted by Gasteiger charge is -2.43. The molecule has 3 heterocycles. The van der Waals surface area contributed by atoms with Crippen LogP contribution in [0.3, 0.4) is 0 Å². The Bertz CT molecular complexity index is 802. The molecule has 2 atom stereocenters. The molecule has 8 heteroatoms. The number of anilines is 1. The van der Waals surface area contributed by atoms with Crippen molar-refractivity contribution in [2.75, 3.05) is 24.2 Å². The van der Waals surface area contributed by atoms with Gasteiger partial charge in [-0.15, -0.1) is 11.3 Å². The second-order valence-corrected chi connectivity index (χ2v) is 8.79. The van der Waals surface area contributed by atoms with Crippen molar-refractivity contribution in [1.82, 2.24) is 14.3 Å². The molecule has 22 heavy (non-hydrogen) atoms. The Kier molecular flexibility index (Phi) is 3.86. The molecule has 2 aromatic rings. The van der Waals surface area contributed by atoms with Gasteiger partial charge in [-0.05, 0) is 31.7 Å². The van der Waals surface area contributed by atoms with E-state index in [9.17, 15) is 8.42 Å². The van der Waals surface area contributed by atoms with Crippen molar-refractivity contribution in [2.45, 2.75) is 32.9 Å². The summed E-state index contributed by atoms with van der Waals surface area (Å²) in [6.07, 6.45) is 2.87. The van der Waals surface area contributed by atoms with Crippen molar-refractivity contribution in [1.29, 1.82) is 0 Å². The molecular formula is C14H20N4O2S2. The SMILES string of the molecule is Cc1csc2c(N3C[C@@H](C)N(S(C)(=O)=O)C[C@@H]3C)ncnc12. The van der Waals surface area contributed by atoms with E-state index in [1.165, 1.54) is 6.26 Å². The summed E-state index contributed by atoms with van der Waals surface area (Å²) in [4.78, 5) is 11.0. The monoisotopic (exact) mass is 340 g/mol. The Labute approximate surface area is 134 Å². The molecule has 0 bridgehead atoms. The van der Waals surface area contributed by atoms with Crippen LogP contribution in [0.15, 0.2) is 11.7 Å². The summed E-state index contributed by atoms with van der Waals surface area (Å²) in [5, 5.41) is 2.09. The van der Waals surface area contributed by atoms with E-state index < -0.39 is 10.0 Å². The molecule has 0 N–H and O–H groups in total. The third-order valence-corrected chi connectivity index (χ3v) is 6.58.